The molecule has 0 bridgehead atoms. The van der Waals surface area contributed by atoms with Gasteiger partial charge < -0.3 is 10.1 Å². The number of carbonyl (C=O) groups is 1. The Balaban J connectivity index is 2.16. The first-order chi connectivity index (χ1) is 8.59. The molecule has 4 heteroatoms. The fraction of sp³-hybridized carbons (Fsp3) is 0.500. The number of ether oxygens (including phenoxy) is 1. The van der Waals surface area contributed by atoms with Gasteiger partial charge in [-0.1, -0.05) is 13.8 Å². The van der Waals surface area contributed by atoms with Gasteiger partial charge in [-0.15, -0.1) is 0 Å². The molecule has 0 aromatic heterocycles. The smallest absolute Gasteiger partial charge is 0.251 e. The molecule has 0 aliphatic carbocycles. The fourth-order valence-electron chi connectivity index (χ4n) is 1.36. The first-order valence-electron chi connectivity index (χ1n) is 6.21. The van der Waals surface area contributed by atoms with Crippen molar-refractivity contribution in [3.63, 3.8) is 0 Å². The first kappa shape index (κ1) is 15.4. The summed E-state index contributed by atoms with van der Waals surface area (Å²) in [6.45, 7) is 6.23. The van der Waals surface area contributed by atoms with E-state index in [-0.39, 0.29) is 5.91 Å². The van der Waals surface area contributed by atoms with Crippen LogP contribution in [0.2, 0.25) is 0 Å². The second-order valence-electron chi connectivity index (χ2n) is 4.56. The fourth-order valence-corrected chi connectivity index (χ4v) is 1.72. The molecule has 100 valence electrons. The molecule has 1 aromatic rings. The third-order valence-electron chi connectivity index (χ3n) is 2.48. The van der Waals surface area contributed by atoms with Crippen molar-refractivity contribution in [2.24, 2.45) is 5.92 Å². The maximum atomic E-state index is 11.7. The molecule has 0 aliphatic heterocycles. The van der Waals surface area contributed by atoms with Crippen molar-refractivity contribution < 1.29 is 9.53 Å². The van der Waals surface area contributed by atoms with Crippen LogP contribution < -0.4 is 5.32 Å². The Morgan fingerprint density at radius 1 is 1.28 bits per heavy atom. The number of halogens is 1. The van der Waals surface area contributed by atoms with E-state index in [0.29, 0.717) is 24.6 Å². The SMILES string of the molecule is CC(C)CCOCCNC(=O)c1ccc(I)cc1. The molecule has 1 aromatic carbocycles. The lowest BCUT2D eigenvalue weighted by atomic mass is 10.1. The van der Waals surface area contributed by atoms with Gasteiger partial charge in [0.2, 0.25) is 0 Å². The Kier molecular flexibility index (Phi) is 7.27. The van der Waals surface area contributed by atoms with Crippen LogP contribution in [0.3, 0.4) is 0 Å². The highest BCUT2D eigenvalue weighted by molar-refractivity contribution is 14.1. The van der Waals surface area contributed by atoms with E-state index in [0.717, 1.165) is 16.6 Å². The Bertz CT molecular complexity index is 363. The van der Waals surface area contributed by atoms with Gasteiger partial charge in [-0.2, -0.15) is 0 Å². The number of hydrogen-bond donors (Lipinski definition) is 1. The molecule has 0 aliphatic rings. The van der Waals surface area contributed by atoms with Gasteiger partial charge in [0.25, 0.3) is 5.91 Å². The zero-order valence-electron chi connectivity index (χ0n) is 10.9. The van der Waals surface area contributed by atoms with E-state index in [1.165, 1.54) is 0 Å². The summed E-state index contributed by atoms with van der Waals surface area (Å²) in [5.74, 6) is 0.616. The number of amides is 1. The third kappa shape index (κ3) is 6.35. The van der Waals surface area contributed by atoms with E-state index in [1.54, 1.807) is 0 Å². The summed E-state index contributed by atoms with van der Waals surface area (Å²) in [6.07, 6.45) is 1.06. The highest BCUT2D eigenvalue weighted by Crippen LogP contribution is 2.06. The quantitative estimate of drug-likeness (QED) is 0.599. The number of hydrogen-bond acceptors (Lipinski definition) is 2. The standard InChI is InChI=1S/C14H20INO2/c1-11(2)7-9-18-10-8-16-14(17)12-3-5-13(15)6-4-12/h3-6,11H,7-10H2,1-2H3,(H,16,17). The number of benzene rings is 1. The van der Waals surface area contributed by atoms with Crippen molar-refractivity contribution in [3.05, 3.63) is 33.4 Å². The lowest BCUT2D eigenvalue weighted by Crippen LogP contribution is -2.27. The predicted molar refractivity (Wildman–Crippen MR) is 81.8 cm³/mol. The molecule has 0 spiro atoms. The number of nitrogens with one attached hydrogen (secondary N) is 1. The molecular weight excluding hydrogens is 341 g/mol. The Morgan fingerprint density at radius 2 is 1.94 bits per heavy atom. The normalized spacial score (nSPS) is 10.7. The minimum Gasteiger partial charge on any atom is -0.380 e. The van der Waals surface area contributed by atoms with E-state index < -0.39 is 0 Å². The minimum absolute atomic E-state index is 0.0427. The van der Waals surface area contributed by atoms with Crippen molar-refractivity contribution in [1.29, 1.82) is 0 Å². The van der Waals surface area contributed by atoms with Crippen LogP contribution in [-0.2, 0) is 4.74 Å². The van der Waals surface area contributed by atoms with Crippen molar-refractivity contribution in [2.75, 3.05) is 19.8 Å². The van der Waals surface area contributed by atoms with E-state index in [1.807, 2.05) is 24.3 Å². The summed E-state index contributed by atoms with van der Waals surface area (Å²) in [5, 5.41) is 2.84. The average Bonchev–Trinajstić information content (AvgIpc) is 2.34. The van der Waals surface area contributed by atoms with E-state index >= 15 is 0 Å². The molecule has 0 atom stereocenters. The van der Waals surface area contributed by atoms with Crippen LogP contribution in [0.4, 0.5) is 0 Å². The number of rotatable bonds is 7. The van der Waals surface area contributed by atoms with Crippen LogP contribution >= 0.6 is 22.6 Å². The highest BCUT2D eigenvalue weighted by Gasteiger charge is 2.03. The zero-order valence-corrected chi connectivity index (χ0v) is 13.1. The maximum Gasteiger partial charge on any atom is 0.251 e. The molecule has 1 amide bonds. The molecular formula is C14H20INO2. The van der Waals surface area contributed by atoms with Crippen molar-refractivity contribution in [2.45, 2.75) is 20.3 Å². The second kappa shape index (κ2) is 8.48. The maximum absolute atomic E-state index is 11.7. The van der Waals surface area contributed by atoms with Crippen LogP contribution in [0.25, 0.3) is 0 Å². The van der Waals surface area contributed by atoms with Gasteiger partial charge in [-0.3, -0.25) is 4.79 Å². The van der Waals surface area contributed by atoms with Gasteiger partial charge >= 0.3 is 0 Å². The summed E-state index contributed by atoms with van der Waals surface area (Å²) in [7, 11) is 0. The van der Waals surface area contributed by atoms with Crippen LogP contribution in [0.5, 0.6) is 0 Å². The molecule has 1 N–H and O–H groups in total. The summed E-state index contributed by atoms with van der Waals surface area (Å²) in [5.41, 5.74) is 0.692. The largest absolute Gasteiger partial charge is 0.380 e. The van der Waals surface area contributed by atoms with Crippen molar-refractivity contribution >= 4 is 28.5 Å². The molecule has 1 rings (SSSR count). The Labute approximate surface area is 122 Å². The summed E-state index contributed by atoms with van der Waals surface area (Å²) < 4.78 is 6.56. The van der Waals surface area contributed by atoms with Crippen molar-refractivity contribution in [3.8, 4) is 0 Å². The molecule has 0 heterocycles. The minimum atomic E-state index is -0.0427. The van der Waals surface area contributed by atoms with Crippen LogP contribution in [0, 0.1) is 9.49 Å². The van der Waals surface area contributed by atoms with E-state index in [9.17, 15) is 4.79 Å². The average molecular weight is 361 g/mol. The molecule has 0 unspecified atom stereocenters. The third-order valence-corrected chi connectivity index (χ3v) is 3.20. The Morgan fingerprint density at radius 3 is 2.56 bits per heavy atom. The Hall–Kier alpha value is -0.620. The van der Waals surface area contributed by atoms with Gasteiger partial charge in [0.1, 0.15) is 0 Å². The van der Waals surface area contributed by atoms with Crippen LogP contribution in [-0.4, -0.2) is 25.7 Å². The molecule has 0 fully saturated rings. The van der Waals surface area contributed by atoms with Crippen LogP contribution in [0.1, 0.15) is 30.6 Å². The van der Waals surface area contributed by atoms with E-state index in [2.05, 4.69) is 41.8 Å². The monoisotopic (exact) mass is 361 g/mol. The zero-order chi connectivity index (χ0) is 13.4. The lowest BCUT2D eigenvalue weighted by Gasteiger charge is -2.08. The second-order valence-corrected chi connectivity index (χ2v) is 5.80. The molecule has 3 nitrogen and oxygen atoms in total. The number of carbonyl (C=O) groups excluding carboxylic acids is 1. The van der Waals surface area contributed by atoms with Crippen molar-refractivity contribution in [1.82, 2.24) is 5.32 Å². The summed E-state index contributed by atoms with van der Waals surface area (Å²) in [4.78, 5) is 11.7. The highest BCUT2D eigenvalue weighted by atomic mass is 127. The molecule has 18 heavy (non-hydrogen) atoms. The summed E-state index contributed by atoms with van der Waals surface area (Å²) >= 11 is 2.22. The van der Waals surface area contributed by atoms with Crippen LogP contribution in [0.15, 0.2) is 24.3 Å². The molecule has 0 radical (unpaired) electrons. The lowest BCUT2D eigenvalue weighted by molar-refractivity contribution is 0.0906. The van der Waals surface area contributed by atoms with Gasteiger partial charge in [-0.05, 0) is 59.2 Å². The first-order valence-corrected chi connectivity index (χ1v) is 7.29. The van der Waals surface area contributed by atoms with Gasteiger partial charge in [0, 0.05) is 22.3 Å². The predicted octanol–water partition coefficient (Wildman–Crippen LogP) is 3.08. The van der Waals surface area contributed by atoms with Gasteiger partial charge in [0.05, 0.1) is 6.61 Å². The molecule has 0 saturated heterocycles. The van der Waals surface area contributed by atoms with Gasteiger partial charge in [-0.25, -0.2) is 0 Å². The van der Waals surface area contributed by atoms with Gasteiger partial charge in [0.15, 0.2) is 0 Å². The molecule has 0 saturated carbocycles. The summed E-state index contributed by atoms with van der Waals surface area (Å²) in [6, 6.07) is 7.51. The van der Waals surface area contributed by atoms with E-state index in [4.69, 9.17) is 4.74 Å². The topological polar surface area (TPSA) is 38.3 Å².